The van der Waals surface area contributed by atoms with E-state index in [0.29, 0.717) is 12.2 Å². The summed E-state index contributed by atoms with van der Waals surface area (Å²) >= 11 is 0. The van der Waals surface area contributed by atoms with Gasteiger partial charge in [-0.3, -0.25) is 14.6 Å². The number of benzene rings is 2. The average Bonchev–Trinajstić information content (AvgIpc) is 2.68. The van der Waals surface area contributed by atoms with Gasteiger partial charge < -0.3 is 15.5 Å². The fourth-order valence-corrected chi connectivity index (χ4v) is 3.00. The van der Waals surface area contributed by atoms with E-state index in [0.717, 1.165) is 16.3 Å². The highest BCUT2D eigenvalue weighted by molar-refractivity contribution is 6.39. The predicted octanol–water partition coefficient (Wildman–Crippen LogP) is 2.59. The van der Waals surface area contributed by atoms with Gasteiger partial charge in [0, 0.05) is 24.6 Å². The molecule has 0 spiro atoms. The van der Waals surface area contributed by atoms with Crippen molar-refractivity contribution in [3.63, 3.8) is 0 Å². The molecular weight excluding hydrogens is 340 g/mol. The first kappa shape index (κ1) is 18.5. The van der Waals surface area contributed by atoms with Crippen molar-refractivity contribution >= 4 is 28.3 Å². The van der Waals surface area contributed by atoms with Gasteiger partial charge in [-0.1, -0.05) is 42.5 Å². The number of carbonyl (C=O) groups is 2. The number of likely N-dealkylation sites (N-methyl/N-ethyl adjacent to an activating group) is 1. The number of nitrogens with one attached hydrogen (secondary N) is 2. The van der Waals surface area contributed by atoms with Crippen molar-refractivity contribution in [1.82, 2.24) is 15.2 Å². The molecule has 0 saturated heterocycles. The van der Waals surface area contributed by atoms with E-state index in [2.05, 4.69) is 39.9 Å². The van der Waals surface area contributed by atoms with Gasteiger partial charge in [-0.25, -0.2) is 0 Å². The van der Waals surface area contributed by atoms with Gasteiger partial charge in [0.15, 0.2) is 0 Å². The molecule has 0 fully saturated rings. The molecule has 138 valence electrons. The summed E-state index contributed by atoms with van der Waals surface area (Å²) in [5.41, 5.74) is 1.64. The highest BCUT2D eigenvalue weighted by Crippen LogP contribution is 2.26. The van der Waals surface area contributed by atoms with E-state index in [4.69, 9.17) is 0 Å². The molecule has 1 aromatic heterocycles. The van der Waals surface area contributed by atoms with Gasteiger partial charge in [-0.15, -0.1) is 0 Å². The molecule has 2 aromatic carbocycles. The van der Waals surface area contributed by atoms with Crippen LogP contribution in [0.4, 0.5) is 5.69 Å². The SMILES string of the molecule is CN(C)[C@H](CNC(=O)C(=O)Nc1ccncc1)c1cccc2ccccc12. The molecule has 0 unspecified atom stereocenters. The molecule has 3 rings (SSSR count). The topological polar surface area (TPSA) is 74.3 Å². The Morgan fingerprint density at radius 1 is 0.963 bits per heavy atom. The maximum absolute atomic E-state index is 12.2. The van der Waals surface area contributed by atoms with Crippen LogP contribution in [-0.2, 0) is 9.59 Å². The Balaban J connectivity index is 1.71. The first-order chi connectivity index (χ1) is 13.1. The Labute approximate surface area is 158 Å². The minimum Gasteiger partial charge on any atom is -0.346 e. The second kappa shape index (κ2) is 8.42. The van der Waals surface area contributed by atoms with Crippen molar-refractivity contribution < 1.29 is 9.59 Å². The van der Waals surface area contributed by atoms with Crippen LogP contribution < -0.4 is 10.6 Å². The van der Waals surface area contributed by atoms with Gasteiger partial charge in [0.25, 0.3) is 0 Å². The second-order valence-electron chi connectivity index (χ2n) is 6.45. The maximum Gasteiger partial charge on any atom is 0.313 e. The second-order valence-corrected chi connectivity index (χ2v) is 6.45. The van der Waals surface area contributed by atoms with Crippen molar-refractivity contribution in [3.05, 3.63) is 72.6 Å². The Hall–Kier alpha value is -3.25. The molecule has 0 aliphatic carbocycles. The molecule has 0 radical (unpaired) electrons. The van der Waals surface area contributed by atoms with Gasteiger partial charge in [0.1, 0.15) is 0 Å². The molecule has 6 nitrogen and oxygen atoms in total. The molecular formula is C21H22N4O2. The van der Waals surface area contributed by atoms with Crippen molar-refractivity contribution in [2.45, 2.75) is 6.04 Å². The van der Waals surface area contributed by atoms with E-state index in [1.54, 1.807) is 24.5 Å². The van der Waals surface area contributed by atoms with Gasteiger partial charge >= 0.3 is 11.8 Å². The summed E-state index contributed by atoms with van der Waals surface area (Å²) in [6.45, 7) is 0.323. The van der Waals surface area contributed by atoms with E-state index in [9.17, 15) is 9.59 Å². The number of hydrogen-bond donors (Lipinski definition) is 2. The zero-order chi connectivity index (χ0) is 19.2. The van der Waals surface area contributed by atoms with E-state index in [-0.39, 0.29) is 6.04 Å². The number of hydrogen-bond acceptors (Lipinski definition) is 4. The van der Waals surface area contributed by atoms with E-state index >= 15 is 0 Å². The van der Waals surface area contributed by atoms with Gasteiger partial charge in [0.05, 0.1) is 6.04 Å². The molecule has 0 aliphatic heterocycles. The van der Waals surface area contributed by atoms with Crippen molar-refractivity contribution in [2.24, 2.45) is 0 Å². The summed E-state index contributed by atoms with van der Waals surface area (Å²) < 4.78 is 0. The number of anilines is 1. The Bertz CT molecular complexity index is 936. The minimum atomic E-state index is -0.698. The molecule has 0 saturated carbocycles. The van der Waals surface area contributed by atoms with Gasteiger partial charge in [-0.2, -0.15) is 0 Å². The van der Waals surface area contributed by atoms with E-state index < -0.39 is 11.8 Å². The highest BCUT2D eigenvalue weighted by atomic mass is 16.2. The minimum absolute atomic E-state index is 0.0613. The lowest BCUT2D eigenvalue weighted by Gasteiger charge is -2.26. The first-order valence-electron chi connectivity index (χ1n) is 8.69. The summed E-state index contributed by atoms with van der Waals surface area (Å²) in [5.74, 6) is -1.37. The standard InChI is InChI=1S/C21H22N4O2/c1-25(2)19(18-9-5-7-15-6-3-4-8-17(15)18)14-23-20(26)21(27)24-16-10-12-22-13-11-16/h3-13,19H,14H2,1-2H3,(H,23,26)(H,22,24,27)/t19-/m1/s1. The molecule has 2 amide bonds. The highest BCUT2D eigenvalue weighted by Gasteiger charge is 2.20. The lowest BCUT2D eigenvalue weighted by Crippen LogP contribution is -2.40. The third-order valence-corrected chi connectivity index (χ3v) is 4.41. The van der Waals surface area contributed by atoms with E-state index in [1.165, 1.54) is 0 Å². The molecule has 3 aromatic rings. The quantitative estimate of drug-likeness (QED) is 0.684. The molecule has 2 N–H and O–H groups in total. The normalized spacial score (nSPS) is 12.0. The first-order valence-corrected chi connectivity index (χ1v) is 8.69. The number of fused-ring (bicyclic) bond motifs is 1. The summed E-state index contributed by atoms with van der Waals surface area (Å²) in [4.78, 5) is 30.2. The predicted molar refractivity (Wildman–Crippen MR) is 106 cm³/mol. The zero-order valence-electron chi connectivity index (χ0n) is 15.3. The third kappa shape index (κ3) is 4.48. The summed E-state index contributed by atoms with van der Waals surface area (Å²) in [6, 6.07) is 17.4. The Morgan fingerprint density at radius 3 is 2.41 bits per heavy atom. The number of rotatable bonds is 5. The molecule has 0 bridgehead atoms. The lowest BCUT2D eigenvalue weighted by atomic mass is 9.98. The number of pyridine rings is 1. The smallest absolute Gasteiger partial charge is 0.313 e. The van der Waals surface area contributed by atoms with Crippen LogP contribution in [0, 0.1) is 0 Å². The van der Waals surface area contributed by atoms with Crippen LogP contribution in [0.25, 0.3) is 10.8 Å². The number of nitrogens with zero attached hydrogens (tertiary/aromatic N) is 2. The van der Waals surface area contributed by atoms with Crippen LogP contribution in [0.5, 0.6) is 0 Å². The van der Waals surface area contributed by atoms with E-state index in [1.807, 2.05) is 37.2 Å². The maximum atomic E-state index is 12.2. The van der Waals surface area contributed by atoms with Crippen LogP contribution >= 0.6 is 0 Å². The molecule has 27 heavy (non-hydrogen) atoms. The summed E-state index contributed by atoms with van der Waals surface area (Å²) in [5, 5.41) is 7.57. The Morgan fingerprint density at radius 2 is 1.67 bits per heavy atom. The van der Waals surface area contributed by atoms with Gasteiger partial charge in [-0.05, 0) is 42.6 Å². The van der Waals surface area contributed by atoms with Crippen LogP contribution in [0.2, 0.25) is 0 Å². The third-order valence-electron chi connectivity index (χ3n) is 4.41. The fourth-order valence-electron chi connectivity index (χ4n) is 3.00. The largest absolute Gasteiger partial charge is 0.346 e. The lowest BCUT2D eigenvalue weighted by molar-refractivity contribution is -0.136. The van der Waals surface area contributed by atoms with Crippen molar-refractivity contribution in [2.75, 3.05) is 26.0 Å². The van der Waals surface area contributed by atoms with Crippen LogP contribution in [0.3, 0.4) is 0 Å². The number of amides is 2. The van der Waals surface area contributed by atoms with Crippen LogP contribution in [0.15, 0.2) is 67.0 Å². The van der Waals surface area contributed by atoms with Crippen molar-refractivity contribution in [3.8, 4) is 0 Å². The number of aromatic nitrogens is 1. The van der Waals surface area contributed by atoms with Crippen molar-refractivity contribution in [1.29, 1.82) is 0 Å². The molecule has 1 atom stereocenters. The molecule has 6 heteroatoms. The van der Waals surface area contributed by atoms with Gasteiger partial charge in [0.2, 0.25) is 0 Å². The zero-order valence-corrected chi connectivity index (χ0v) is 15.3. The monoisotopic (exact) mass is 362 g/mol. The summed E-state index contributed by atoms with van der Waals surface area (Å²) in [7, 11) is 3.91. The van der Waals surface area contributed by atoms with Crippen LogP contribution in [0.1, 0.15) is 11.6 Å². The molecule has 1 heterocycles. The Kier molecular flexibility index (Phi) is 5.78. The average molecular weight is 362 g/mol. The molecule has 0 aliphatic rings. The summed E-state index contributed by atoms with van der Waals surface area (Å²) in [6.07, 6.45) is 3.10. The number of carbonyl (C=O) groups excluding carboxylic acids is 2. The van der Waals surface area contributed by atoms with Crippen LogP contribution in [-0.4, -0.2) is 42.3 Å². The fraction of sp³-hybridized carbons (Fsp3) is 0.190.